The SMILES string of the molecule is COC[C@@H]1CCCN1C(=O)C1=CN(C)[C@H]2C[C@@H]1CC(=O)c1c2c2ccccc2n1C. The first kappa shape index (κ1) is 19.4. The summed E-state index contributed by atoms with van der Waals surface area (Å²) in [4.78, 5) is 31.0. The molecule has 0 N–H and O–H groups in total. The molecular weight excluding hydrogens is 378 g/mol. The second-order valence-electron chi connectivity index (χ2n) is 8.91. The number of Topliss-reactive ketones (excluding diaryl/α,β-unsaturated/α-hetero) is 1. The summed E-state index contributed by atoms with van der Waals surface area (Å²) in [5, 5.41) is 1.14. The molecule has 1 fully saturated rings. The number of carbonyl (C=O) groups is 2. The lowest BCUT2D eigenvalue weighted by Gasteiger charge is -2.37. The van der Waals surface area contributed by atoms with Crippen molar-refractivity contribution in [1.29, 1.82) is 0 Å². The summed E-state index contributed by atoms with van der Waals surface area (Å²) >= 11 is 0. The van der Waals surface area contributed by atoms with Crippen LogP contribution in [0.2, 0.25) is 0 Å². The summed E-state index contributed by atoms with van der Waals surface area (Å²) in [5.41, 5.74) is 3.79. The van der Waals surface area contributed by atoms with Crippen LogP contribution in [0.1, 0.15) is 47.8 Å². The second kappa shape index (κ2) is 7.27. The van der Waals surface area contributed by atoms with E-state index in [1.54, 1.807) is 7.11 Å². The Morgan fingerprint density at radius 3 is 2.83 bits per heavy atom. The van der Waals surface area contributed by atoms with E-state index >= 15 is 0 Å². The number of fused-ring (bicyclic) bond motifs is 6. The van der Waals surface area contributed by atoms with Gasteiger partial charge in [-0.25, -0.2) is 0 Å². The van der Waals surface area contributed by atoms with Crippen LogP contribution in [0.25, 0.3) is 10.9 Å². The average molecular weight is 408 g/mol. The van der Waals surface area contributed by atoms with Crippen molar-refractivity contribution in [3.63, 3.8) is 0 Å². The van der Waals surface area contributed by atoms with Crippen LogP contribution in [-0.4, -0.2) is 59.4 Å². The van der Waals surface area contributed by atoms with E-state index in [0.717, 1.165) is 53.5 Å². The minimum atomic E-state index is -0.0406. The van der Waals surface area contributed by atoms with Crippen LogP contribution >= 0.6 is 0 Å². The number of benzene rings is 1. The summed E-state index contributed by atoms with van der Waals surface area (Å²) in [7, 11) is 5.70. The third-order valence-corrected chi connectivity index (χ3v) is 7.20. The van der Waals surface area contributed by atoms with Crippen LogP contribution < -0.4 is 0 Å². The Bertz CT molecular complexity index is 1050. The number of aromatic nitrogens is 1. The highest BCUT2D eigenvalue weighted by Gasteiger charge is 2.42. The topological polar surface area (TPSA) is 54.8 Å². The Morgan fingerprint density at radius 2 is 2.03 bits per heavy atom. The molecule has 30 heavy (non-hydrogen) atoms. The van der Waals surface area contributed by atoms with E-state index in [1.165, 1.54) is 0 Å². The zero-order valence-corrected chi connectivity index (χ0v) is 17.9. The Morgan fingerprint density at radius 1 is 1.23 bits per heavy atom. The standard InChI is InChI=1S/C24H29N3O3/c1-25-13-18(24(29)27-10-6-7-16(27)14-30-3)15-11-20(25)22-17-8-4-5-9-19(17)26(2)23(22)21(28)12-15/h4-5,8-9,13,15-16,20H,6-7,10-12,14H2,1-3H3/t15-,16+,20+/m1/s1. The molecule has 1 aromatic carbocycles. The van der Waals surface area contributed by atoms with Crippen LogP contribution in [0.4, 0.5) is 0 Å². The number of nitrogens with zero attached hydrogens (tertiary/aromatic N) is 3. The second-order valence-corrected chi connectivity index (χ2v) is 8.91. The van der Waals surface area contributed by atoms with Crippen LogP contribution in [0.5, 0.6) is 0 Å². The Labute approximate surface area is 177 Å². The van der Waals surface area contributed by atoms with Gasteiger partial charge >= 0.3 is 0 Å². The molecule has 1 saturated heterocycles. The molecule has 0 unspecified atom stereocenters. The van der Waals surface area contributed by atoms with Crippen LogP contribution in [-0.2, 0) is 16.6 Å². The molecule has 3 heterocycles. The largest absolute Gasteiger partial charge is 0.383 e. The van der Waals surface area contributed by atoms with Gasteiger partial charge in [0.15, 0.2) is 5.78 Å². The number of ketones is 1. The third-order valence-electron chi connectivity index (χ3n) is 7.20. The van der Waals surface area contributed by atoms with Crippen molar-refractivity contribution >= 4 is 22.6 Å². The maximum Gasteiger partial charge on any atom is 0.251 e. The monoisotopic (exact) mass is 407 g/mol. The molecule has 6 nitrogen and oxygen atoms in total. The maximum absolute atomic E-state index is 13.5. The van der Waals surface area contributed by atoms with Gasteiger partial charge in [-0.05, 0) is 25.3 Å². The Kier molecular flexibility index (Phi) is 4.69. The van der Waals surface area contributed by atoms with Gasteiger partial charge in [0.1, 0.15) is 0 Å². The normalized spacial score (nSPS) is 26.0. The van der Waals surface area contributed by atoms with Crippen molar-refractivity contribution in [2.24, 2.45) is 13.0 Å². The predicted molar refractivity (Wildman–Crippen MR) is 115 cm³/mol. The molecule has 1 amide bonds. The molecule has 1 aliphatic carbocycles. The molecule has 1 aromatic heterocycles. The molecule has 2 aliphatic heterocycles. The maximum atomic E-state index is 13.5. The lowest BCUT2D eigenvalue weighted by Crippen LogP contribution is -2.42. The van der Waals surface area contributed by atoms with Gasteiger partial charge in [-0.2, -0.15) is 0 Å². The van der Waals surface area contributed by atoms with Gasteiger partial charge < -0.3 is 19.1 Å². The smallest absolute Gasteiger partial charge is 0.251 e. The van der Waals surface area contributed by atoms with Crippen molar-refractivity contribution in [2.45, 2.75) is 37.8 Å². The lowest BCUT2D eigenvalue weighted by molar-refractivity contribution is -0.129. The first-order chi connectivity index (χ1) is 14.5. The first-order valence-corrected chi connectivity index (χ1v) is 10.8. The summed E-state index contributed by atoms with van der Waals surface area (Å²) < 4.78 is 7.38. The van der Waals surface area contributed by atoms with Gasteiger partial charge in [-0.15, -0.1) is 0 Å². The molecule has 0 radical (unpaired) electrons. The van der Waals surface area contributed by atoms with E-state index in [4.69, 9.17) is 4.74 Å². The number of ether oxygens (including phenoxy) is 1. The van der Waals surface area contributed by atoms with Crippen LogP contribution in [0.15, 0.2) is 36.0 Å². The number of rotatable bonds is 3. The summed E-state index contributed by atoms with van der Waals surface area (Å²) in [6.45, 7) is 1.33. The Balaban J connectivity index is 1.55. The lowest BCUT2D eigenvalue weighted by atomic mass is 9.84. The fourth-order valence-corrected chi connectivity index (χ4v) is 5.77. The molecule has 5 rings (SSSR count). The van der Waals surface area contributed by atoms with Gasteiger partial charge in [0.05, 0.1) is 24.4 Å². The minimum absolute atomic E-state index is 0.0406. The van der Waals surface area contributed by atoms with Crippen molar-refractivity contribution in [2.75, 3.05) is 27.3 Å². The average Bonchev–Trinajstić information content (AvgIpc) is 3.28. The van der Waals surface area contributed by atoms with Gasteiger partial charge in [0.25, 0.3) is 5.91 Å². The number of carbonyl (C=O) groups excluding carboxylic acids is 2. The van der Waals surface area contributed by atoms with Gasteiger partial charge in [0.2, 0.25) is 0 Å². The zero-order chi connectivity index (χ0) is 21.0. The highest BCUT2D eigenvalue weighted by molar-refractivity contribution is 6.05. The molecule has 3 aliphatic rings. The number of methoxy groups -OCH3 is 1. The zero-order valence-electron chi connectivity index (χ0n) is 17.9. The highest BCUT2D eigenvalue weighted by atomic mass is 16.5. The molecule has 3 atom stereocenters. The molecule has 2 bridgehead atoms. The van der Waals surface area contributed by atoms with E-state index in [2.05, 4.69) is 17.0 Å². The molecule has 6 heteroatoms. The van der Waals surface area contributed by atoms with Gasteiger partial charge in [-0.1, -0.05) is 18.2 Å². The minimum Gasteiger partial charge on any atom is -0.383 e. The quantitative estimate of drug-likeness (QED) is 0.784. The van der Waals surface area contributed by atoms with E-state index in [1.807, 2.05) is 41.9 Å². The van der Waals surface area contributed by atoms with Crippen molar-refractivity contribution in [3.8, 4) is 0 Å². The fourth-order valence-electron chi connectivity index (χ4n) is 5.77. The van der Waals surface area contributed by atoms with E-state index in [-0.39, 0.29) is 29.7 Å². The van der Waals surface area contributed by atoms with E-state index in [0.29, 0.717) is 13.0 Å². The molecular formula is C24H29N3O3. The number of amides is 1. The summed E-state index contributed by atoms with van der Waals surface area (Å²) in [5.74, 6) is 0.176. The molecule has 158 valence electrons. The summed E-state index contributed by atoms with van der Waals surface area (Å²) in [6, 6.07) is 8.47. The molecule has 0 spiro atoms. The van der Waals surface area contributed by atoms with Crippen molar-refractivity contribution in [1.82, 2.24) is 14.4 Å². The number of aryl methyl sites for hydroxylation is 1. The number of hydrogen-bond donors (Lipinski definition) is 0. The molecule has 0 saturated carbocycles. The van der Waals surface area contributed by atoms with E-state index < -0.39 is 0 Å². The summed E-state index contributed by atoms with van der Waals surface area (Å²) in [6.07, 6.45) is 5.18. The number of para-hydroxylation sites is 1. The number of hydrogen-bond acceptors (Lipinski definition) is 4. The van der Waals surface area contributed by atoms with Gasteiger partial charge in [0, 0.05) is 68.3 Å². The third kappa shape index (κ3) is 2.81. The van der Waals surface area contributed by atoms with Crippen LogP contribution in [0.3, 0.4) is 0 Å². The highest BCUT2D eigenvalue weighted by Crippen LogP contribution is 2.46. The fraction of sp³-hybridized carbons (Fsp3) is 0.500. The van der Waals surface area contributed by atoms with Gasteiger partial charge in [-0.3, -0.25) is 9.59 Å². The van der Waals surface area contributed by atoms with E-state index in [9.17, 15) is 9.59 Å². The predicted octanol–water partition coefficient (Wildman–Crippen LogP) is 3.28. The van der Waals surface area contributed by atoms with Crippen molar-refractivity contribution in [3.05, 3.63) is 47.3 Å². The molecule has 2 aromatic rings. The van der Waals surface area contributed by atoms with Crippen molar-refractivity contribution < 1.29 is 14.3 Å². The Hall–Kier alpha value is -2.60. The number of likely N-dealkylation sites (tertiary alicyclic amines) is 1. The first-order valence-electron chi connectivity index (χ1n) is 10.8. The van der Waals surface area contributed by atoms with Crippen LogP contribution in [0, 0.1) is 5.92 Å².